The molecule has 1 rings (SSSR count). The van der Waals surface area contributed by atoms with Crippen LogP contribution in [0.3, 0.4) is 0 Å². The number of rotatable bonds is 6. The highest BCUT2D eigenvalue weighted by Gasteiger charge is 2.14. The van der Waals surface area contributed by atoms with Crippen LogP contribution >= 0.6 is 12.2 Å². The summed E-state index contributed by atoms with van der Waals surface area (Å²) in [7, 11) is -4.37. The molecule has 0 atom stereocenters. The summed E-state index contributed by atoms with van der Waals surface area (Å²) in [5, 5.41) is 15.4. The molecule has 0 bridgehead atoms. The van der Waals surface area contributed by atoms with E-state index < -0.39 is 20.8 Å². The van der Waals surface area contributed by atoms with Gasteiger partial charge in [-0.25, -0.2) is 8.42 Å². The molecule has 0 heterocycles. The van der Waals surface area contributed by atoms with Crippen LogP contribution in [0.5, 0.6) is 0 Å². The second-order valence-corrected chi connectivity index (χ2v) is 5.06. The van der Waals surface area contributed by atoms with Crippen LogP contribution in [0.1, 0.15) is 0 Å². The average Bonchev–Trinajstić information content (AvgIpc) is 2.29. The quantitative estimate of drug-likeness (QED) is 0.276. The molecule has 0 unspecified atom stereocenters. The highest BCUT2D eigenvalue weighted by molar-refractivity contribution is 7.85. The van der Waals surface area contributed by atoms with E-state index in [9.17, 15) is 23.1 Å². The number of benzene rings is 1. The van der Waals surface area contributed by atoms with Gasteiger partial charge in [-0.1, -0.05) is 0 Å². The van der Waals surface area contributed by atoms with Gasteiger partial charge in [0.05, 0.1) is 31.6 Å². The summed E-state index contributed by atoms with van der Waals surface area (Å²) >= 11 is 4.38. The van der Waals surface area contributed by atoms with Gasteiger partial charge in [0, 0.05) is 12.6 Å². The molecule has 0 spiro atoms. The zero-order chi connectivity index (χ0) is 14.5. The maximum atomic E-state index is 10.8. The van der Waals surface area contributed by atoms with Crippen molar-refractivity contribution in [2.45, 2.75) is 0 Å². The minimum absolute atomic E-state index is 0.0944. The highest BCUT2D eigenvalue weighted by Crippen LogP contribution is 2.28. The molecule has 0 saturated heterocycles. The molecular formula is C9H8N3O5S2-. The number of nitro groups is 1. The zero-order valence-corrected chi connectivity index (χ0v) is 11.0. The number of nitro benzene ring substituents is 1. The van der Waals surface area contributed by atoms with Crippen molar-refractivity contribution in [2.24, 2.45) is 4.99 Å². The SMILES string of the molecule is O=[N+]([O-])c1cc(N=C=S)ccc1NCCS(=O)(=O)[O-]. The average molecular weight is 302 g/mol. The monoisotopic (exact) mass is 302 g/mol. The number of isothiocyanates is 1. The summed E-state index contributed by atoms with van der Waals surface area (Å²) in [4.78, 5) is 13.8. The van der Waals surface area contributed by atoms with Crippen molar-refractivity contribution in [1.29, 1.82) is 0 Å². The van der Waals surface area contributed by atoms with E-state index in [-0.39, 0.29) is 23.6 Å². The van der Waals surface area contributed by atoms with Crippen LogP contribution in [0.2, 0.25) is 0 Å². The fraction of sp³-hybridized carbons (Fsp3) is 0.222. The summed E-state index contributed by atoms with van der Waals surface area (Å²) in [6.07, 6.45) is 0. The van der Waals surface area contributed by atoms with Crippen LogP contribution in [0.25, 0.3) is 0 Å². The standard InChI is InChI=1S/C9H9N3O5S2/c13-12(14)9-5-7(11-6-18)1-2-8(9)10-3-4-19(15,16)17/h1-2,5,10H,3-4H2,(H,15,16,17)/p-1. The first-order chi connectivity index (χ1) is 8.83. The normalized spacial score (nSPS) is 10.6. The number of hydrogen-bond donors (Lipinski definition) is 1. The Morgan fingerprint density at radius 1 is 1.47 bits per heavy atom. The summed E-state index contributed by atoms with van der Waals surface area (Å²) in [5.74, 6) is -0.663. The summed E-state index contributed by atoms with van der Waals surface area (Å²) in [5.41, 5.74) is 0.0514. The van der Waals surface area contributed by atoms with Crippen molar-refractivity contribution in [1.82, 2.24) is 0 Å². The molecular weight excluding hydrogens is 294 g/mol. The topological polar surface area (TPSA) is 125 Å². The van der Waals surface area contributed by atoms with E-state index in [1.54, 1.807) is 0 Å². The van der Waals surface area contributed by atoms with Crippen molar-refractivity contribution in [3.05, 3.63) is 28.3 Å². The Morgan fingerprint density at radius 3 is 2.68 bits per heavy atom. The summed E-state index contributed by atoms with van der Waals surface area (Å²) < 4.78 is 31.2. The molecule has 0 radical (unpaired) electrons. The summed E-state index contributed by atoms with van der Waals surface area (Å²) in [6, 6.07) is 3.95. The fourth-order valence-electron chi connectivity index (χ4n) is 1.25. The maximum Gasteiger partial charge on any atom is 0.294 e. The lowest BCUT2D eigenvalue weighted by Crippen LogP contribution is -2.15. The van der Waals surface area contributed by atoms with Gasteiger partial charge in [0.25, 0.3) is 5.69 Å². The van der Waals surface area contributed by atoms with Crippen LogP contribution in [0, 0.1) is 10.1 Å². The van der Waals surface area contributed by atoms with E-state index >= 15 is 0 Å². The van der Waals surface area contributed by atoms with Gasteiger partial charge in [0.1, 0.15) is 5.69 Å². The van der Waals surface area contributed by atoms with Gasteiger partial charge in [-0.3, -0.25) is 10.1 Å². The first kappa shape index (κ1) is 15.2. The molecule has 1 N–H and O–H groups in total. The Balaban J connectivity index is 2.94. The number of anilines is 1. The van der Waals surface area contributed by atoms with Crippen LogP contribution in [0.15, 0.2) is 23.2 Å². The van der Waals surface area contributed by atoms with Crippen molar-refractivity contribution in [2.75, 3.05) is 17.6 Å². The third-order valence-electron chi connectivity index (χ3n) is 2.02. The molecule has 0 aliphatic carbocycles. The molecule has 0 aliphatic heterocycles. The molecule has 0 saturated carbocycles. The molecule has 8 nitrogen and oxygen atoms in total. The number of hydrogen-bond acceptors (Lipinski definition) is 8. The van der Waals surface area contributed by atoms with Gasteiger partial charge in [0.2, 0.25) is 0 Å². The van der Waals surface area contributed by atoms with Crippen LogP contribution in [-0.2, 0) is 10.1 Å². The fourth-order valence-corrected chi connectivity index (χ4v) is 1.71. The highest BCUT2D eigenvalue weighted by atomic mass is 32.2. The van der Waals surface area contributed by atoms with Crippen LogP contribution < -0.4 is 5.32 Å². The van der Waals surface area contributed by atoms with Crippen molar-refractivity contribution >= 4 is 44.6 Å². The first-order valence-corrected chi connectivity index (χ1v) is 6.86. The molecule has 0 aromatic heterocycles. The van der Waals surface area contributed by atoms with Gasteiger partial charge >= 0.3 is 0 Å². The van der Waals surface area contributed by atoms with E-state index in [0.29, 0.717) is 0 Å². The predicted molar refractivity (Wildman–Crippen MR) is 70.8 cm³/mol. The summed E-state index contributed by atoms with van der Waals surface area (Å²) in [6.45, 7) is -0.220. The molecule has 0 fully saturated rings. The zero-order valence-electron chi connectivity index (χ0n) is 9.40. The number of thiocarbonyl (C=S) groups is 1. The second kappa shape index (κ2) is 6.34. The van der Waals surface area contributed by atoms with Crippen molar-refractivity contribution in [3.8, 4) is 0 Å². The molecule has 10 heteroatoms. The number of nitrogens with zero attached hydrogens (tertiary/aromatic N) is 2. The Kier molecular flexibility index (Phi) is 5.07. The van der Waals surface area contributed by atoms with E-state index in [4.69, 9.17) is 0 Å². The molecule has 1 aromatic carbocycles. The van der Waals surface area contributed by atoms with Gasteiger partial charge in [-0.15, -0.1) is 0 Å². The van der Waals surface area contributed by atoms with Gasteiger partial charge in [-0.05, 0) is 24.4 Å². The third kappa shape index (κ3) is 5.10. The van der Waals surface area contributed by atoms with E-state index in [1.165, 1.54) is 12.1 Å². The van der Waals surface area contributed by atoms with Crippen LogP contribution in [-0.4, -0.2) is 35.4 Å². The second-order valence-electron chi connectivity index (χ2n) is 3.35. The Morgan fingerprint density at radius 2 is 2.16 bits per heavy atom. The van der Waals surface area contributed by atoms with Crippen molar-refractivity contribution < 1.29 is 17.9 Å². The van der Waals surface area contributed by atoms with E-state index in [0.717, 1.165) is 6.07 Å². The smallest absolute Gasteiger partial charge is 0.294 e. The maximum absolute atomic E-state index is 10.8. The Labute approximate surface area is 114 Å². The Hall–Kier alpha value is -1.87. The minimum atomic E-state index is -4.37. The Bertz CT molecular complexity index is 637. The van der Waals surface area contributed by atoms with Gasteiger partial charge in [0.15, 0.2) is 0 Å². The predicted octanol–water partition coefficient (Wildman–Crippen LogP) is 1.29. The van der Waals surface area contributed by atoms with E-state index in [2.05, 4.69) is 27.7 Å². The number of nitrogens with one attached hydrogen (secondary N) is 1. The van der Waals surface area contributed by atoms with Crippen molar-refractivity contribution in [3.63, 3.8) is 0 Å². The third-order valence-corrected chi connectivity index (χ3v) is 2.82. The van der Waals surface area contributed by atoms with E-state index in [1.807, 2.05) is 0 Å². The van der Waals surface area contributed by atoms with Gasteiger partial charge < -0.3 is 9.87 Å². The lowest BCUT2D eigenvalue weighted by Gasteiger charge is -2.09. The molecule has 1 aromatic rings. The van der Waals surface area contributed by atoms with Crippen LogP contribution in [0.4, 0.5) is 17.1 Å². The lowest BCUT2D eigenvalue weighted by molar-refractivity contribution is -0.383. The lowest BCUT2D eigenvalue weighted by atomic mass is 10.2. The van der Waals surface area contributed by atoms with Gasteiger partial charge in [-0.2, -0.15) is 4.99 Å². The molecule has 19 heavy (non-hydrogen) atoms. The minimum Gasteiger partial charge on any atom is -0.748 e. The number of aliphatic imine (C=N–C) groups is 1. The molecule has 102 valence electrons. The molecule has 0 amide bonds. The largest absolute Gasteiger partial charge is 0.748 e. The molecule has 0 aliphatic rings. The first-order valence-electron chi connectivity index (χ1n) is 4.87.